The second-order valence-corrected chi connectivity index (χ2v) is 6.75. The molecular weight excluding hydrogens is 396 g/mol. The van der Waals surface area contributed by atoms with Crippen molar-refractivity contribution in [3.8, 4) is 5.82 Å². The van der Waals surface area contributed by atoms with E-state index in [1.807, 2.05) is 44.2 Å². The van der Waals surface area contributed by atoms with Crippen LogP contribution in [0.25, 0.3) is 5.82 Å². The first-order chi connectivity index (χ1) is 12.5. The summed E-state index contributed by atoms with van der Waals surface area (Å²) in [4.78, 5) is 20.7. The number of rotatable bonds is 6. The first kappa shape index (κ1) is 18.1. The number of nitrogens with zero attached hydrogens (tertiary/aromatic N) is 4. The van der Waals surface area contributed by atoms with Crippen LogP contribution in [0, 0.1) is 13.8 Å². The van der Waals surface area contributed by atoms with Crippen molar-refractivity contribution >= 4 is 33.3 Å². The number of carbonyl (C=O) groups is 1. The first-order valence-electron chi connectivity index (χ1n) is 8.16. The van der Waals surface area contributed by atoms with Crippen LogP contribution in [-0.4, -0.2) is 32.2 Å². The molecule has 8 heteroatoms. The minimum Gasteiger partial charge on any atom is -0.368 e. The summed E-state index contributed by atoms with van der Waals surface area (Å²) in [6, 6.07) is 9.44. The van der Waals surface area contributed by atoms with Crippen molar-refractivity contribution in [3.63, 3.8) is 0 Å². The highest BCUT2D eigenvalue weighted by atomic mass is 79.9. The molecule has 3 aromatic rings. The Morgan fingerprint density at radius 3 is 2.65 bits per heavy atom. The number of hydrogen-bond acceptors (Lipinski definition) is 5. The van der Waals surface area contributed by atoms with Crippen LogP contribution in [0.5, 0.6) is 0 Å². The third-order valence-electron chi connectivity index (χ3n) is 3.63. The fourth-order valence-corrected chi connectivity index (χ4v) is 2.73. The molecule has 0 unspecified atom stereocenters. The molecule has 0 spiro atoms. The van der Waals surface area contributed by atoms with Crippen molar-refractivity contribution in [1.82, 2.24) is 19.7 Å². The van der Waals surface area contributed by atoms with Crippen LogP contribution in [0.2, 0.25) is 0 Å². The molecule has 2 heterocycles. The standard InChI is InChI=1S/C18H19BrN6O/c1-12-9-13(2)25(24-12)17-11-20-10-16(23-17)21-8-7-18(26)22-15-5-3-14(19)4-6-15/h3-6,9-11H,7-8H2,1-2H3,(H,21,23)(H,22,26). The zero-order valence-corrected chi connectivity index (χ0v) is 16.1. The number of aromatic nitrogens is 4. The molecule has 0 atom stereocenters. The summed E-state index contributed by atoms with van der Waals surface area (Å²) in [5.41, 5.74) is 2.68. The minimum absolute atomic E-state index is 0.0671. The van der Waals surface area contributed by atoms with E-state index >= 15 is 0 Å². The van der Waals surface area contributed by atoms with E-state index < -0.39 is 0 Å². The zero-order valence-electron chi connectivity index (χ0n) is 14.5. The quantitative estimate of drug-likeness (QED) is 0.644. The SMILES string of the molecule is Cc1cc(C)n(-c2cncc(NCCC(=O)Nc3ccc(Br)cc3)n2)n1. The molecule has 0 aliphatic rings. The lowest BCUT2D eigenvalue weighted by Gasteiger charge is -2.08. The number of halogens is 1. The maximum Gasteiger partial charge on any atom is 0.226 e. The molecule has 0 aliphatic heterocycles. The highest BCUT2D eigenvalue weighted by Gasteiger charge is 2.07. The molecule has 0 saturated heterocycles. The Morgan fingerprint density at radius 1 is 1.19 bits per heavy atom. The predicted octanol–water partition coefficient (Wildman–Crippen LogP) is 3.48. The fourth-order valence-electron chi connectivity index (χ4n) is 2.46. The van der Waals surface area contributed by atoms with Gasteiger partial charge in [-0.25, -0.2) is 9.67 Å². The van der Waals surface area contributed by atoms with Gasteiger partial charge in [-0.15, -0.1) is 0 Å². The van der Waals surface area contributed by atoms with E-state index in [1.165, 1.54) is 0 Å². The van der Waals surface area contributed by atoms with Gasteiger partial charge >= 0.3 is 0 Å². The number of amides is 1. The molecule has 7 nitrogen and oxygen atoms in total. The maximum absolute atomic E-state index is 12.0. The van der Waals surface area contributed by atoms with Gasteiger partial charge in [-0.05, 0) is 44.2 Å². The summed E-state index contributed by atoms with van der Waals surface area (Å²) in [6.45, 7) is 4.36. The van der Waals surface area contributed by atoms with Gasteiger partial charge in [-0.1, -0.05) is 15.9 Å². The molecule has 1 aromatic carbocycles. The Balaban J connectivity index is 1.55. The van der Waals surface area contributed by atoms with Crippen molar-refractivity contribution in [1.29, 1.82) is 0 Å². The molecule has 3 rings (SSSR count). The van der Waals surface area contributed by atoms with E-state index in [-0.39, 0.29) is 5.91 Å². The Labute approximate surface area is 160 Å². The average molecular weight is 415 g/mol. The molecule has 0 aliphatic carbocycles. The third-order valence-corrected chi connectivity index (χ3v) is 4.16. The molecular formula is C18H19BrN6O. The van der Waals surface area contributed by atoms with Gasteiger partial charge in [0.05, 0.1) is 18.1 Å². The van der Waals surface area contributed by atoms with Crippen molar-refractivity contribution in [2.24, 2.45) is 0 Å². The van der Waals surface area contributed by atoms with E-state index in [0.29, 0.717) is 24.6 Å². The third kappa shape index (κ3) is 4.66. The van der Waals surface area contributed by atoms with E-state index in [1.54, 1.807) is 17.1 Å². The minimum atomic E-state index is -0.0671. The van der Waals surface area contributed by atoms with Crippen LogP contribution in [0.15, 0.2) is 47.2 Å². The molecule has 2 aromatic heterocycles. The van der Waals surface area contributed by atoms with Crippen LogP contribution in [-0.2, 0) is 4.79 Å². The smallest absolute Gasteiger partial charge is 0.226 e. The fraction of sp³-hybridized carbons (Fsp3) is 0.222. The first-order valence-corrected chi connectivity index (χ1v) is 8.95. The number of carbonyl (C=O) groups excluding carboxylic acids is 1. The summed E-state index contributed by atoms with van der Waals surface area (Å²) >= 11 is 3.37. The van der Waals surface area contributed by atoms with Crippen LogP contribution >= 0.6 is 15.9 Å². The number of anilines is 2. The summed E-state index contributed by atoms with van der Waals surface area (Å²) in [6.07, 6.45) is 3.61. The number of nitrogens with one attached hydrogen (secondary N) is 2. The van der Waals surface area contributed by atoms with E-state index in [9.17, 15) is 4.79 Å². The second kappa shape index (κ2) is 8.09. The highest BCUT2D eigenvalue weighted by molar-refractivity contribution is 9.10. The molecule has 2 N–H and O–H groups in total. The Bertz CT molecular complexity index is 906. The second-order valence-electron chi connectivity index (χ2n) is 5.83. The van der Waals surface area contributed by atoms with E-state index in [2.05, 4.69) is 41.6 Å². The molecule has 0 fully saturated rings. The van der Waals surface area contributed by atoms with E-state index in [4.69, 9.17) is 0 Å². The molecule has 0 bridgehead atoms. The summed E-state index contributed by atoms with van der Waals surface area (Å²) in [5.74, 6) is 1.17. The molecule has 0 saturated carbocycles. The van der Waals surface area contributed by atoms with Crippen LogP contribution < -0.4 is 10.6 Å². The number of hydrogen-bond donors (Lipinski definition) is 2. The van der Waals surface area contributed by atoms with Crippen molar-refractivity contribution < 1.29 is 4.79 Å². The van der Waals surface area contributed by atoms with Gasteiger partial charge in [-0.2, -0.15) is 5.10 Å². The maximum atomic E-state index is 12.0. The molecule has 1 amide bonds. The lowest BCUT2D eigenvalue weighted by Crippen LogP contribution is -2.17. The normalized spacial score (nSPS) is 10.6. The summed E-state index contributed by atoms with van der Waals surface area (Å²) in [5, 5.41) is 10.4. The van der Waals surface area contributed by atoms with Gasteiger partial charge in [0, 0.05) is 28.8 Å². The molecule has 26 heavy (non-hydrogen) atoms. The van der Waals surface area contributed by atoms with Gasteiger partial charge in [0.15, 0.2) is 5.82 Å². The largest absolute Gasteiger partial charge is 0.368 e. The topological polar surface area (TPSA) is 84.7 Å². The monoisotopic (exact) mass is 414 g/mol. The van der Waals surface area contributed by atoms with Gasteiger partial charge in [-0.3, -0.25) is 9.78 Å². The number of benzene rings is 1. The van der Waals surface area contributed by atoms with Crippen molar-refractivity contribution in [3.05, 3.63) is 58.6 Å². The lowest BCUT2D eigenvalue weighted by atomic mass is 10.3. The van der Waals surface area contributed by atoms with Crippen LogP contribution in [0.1, 0.15) is 17.8 Å². The Kier molecular flexibility index (Phi) is 5.62. The Morgan fingerprint density at radius 2 is 1.96 bits per heavy atom. The van der Waals surface area contributed by atoms with Gasteiger partial charge in [0.1, 0.15) is 5.82 Å². The molecule has 0 radical (unpaired) electrons. The lowest BCUT2D eigenvalue weighted by molar-refractivity contribution is -0.115. The van der Waals surface area contributed by atoms with Crippen LogP contribution in [0.3, 0.4) is 0 Å². The summed E-state index contributed by atoms with van der Waals surface area (Å²) < 4.78 is 2.71. The van der Waals surface area contributed by atoms with E-state index in [0.717, 1.165) is 21.5 Å². The van der Waals surface area contributed by atoms with Gasteiger partial charge in [0.25, 0.3) is 0 Å². The van der Waals surface area contributed by atoms with Crippen LogP contribution in [0.4, 0.5) is 11.5 Å². The van der Waals surface area contributed by atoms with Crippen molar-refractivity contribution in [2.75, 3.05) is 17.2 Å². The molecule has 134 valence electrons. The predicted molar refractivity (Wildman–Crippen MR) is 105 cm³/mol. The Hall–Kier alpha value is -2.74. The number of aryl methyl sites for hydroxylation is 2. The highest BCUT2D eigenvalue weighted by Crippen LogP contribution is 2.14. The zero-order chi connectivity index (χ0) is 18.5. The van der Waals surface area contributed by atoms with Crippen molar-refractivity contribution in [2.45, 2.75) is 20.3 Å². The summed E-state index contributed by atoms with van der Waals surface area (Å²) in [7, 11) is 0. The van der Waals surface area contributed by atoms with Gasteiger partial charge in [0.2, 0.25) is 5.91 Å². The van der Waals surface area contributed by atoms with Gasteiger partial charge < -0.3 is 10.6 Å². The average Bonchev–Trinajstić information content (AvgIpc) is 2.96.